The van der Waals surface area contributed by atoms with Crippen LogP contribution in [0.15, 0.2) is 24.3 Å². The van der Waals surface area contributed by atoms with Gasteiger partial charge in [0.05, 0.1) is 13.2 Å². The maximum absolute atomic E-state index is 12.8. The summed E-state index contributed by atoms with van der Waals surface area (Å²) in [6, 6.07) is 6.57. The Kier molecular flexibility index (Phi) is 7.52. The van der Waals surface area contributed by atoms with Crippen LogP contribution in [0.2, 0.25) is 0 Å². The van der Waals surface area contributed by atoms with Crippen LogP contribution in [0.25, 0.3) is 0 Å². The second-order valence-corrected chi connectivity index (χ2v) is 4.09. The van der Waals surface area contributed by atoms with Gasteiger partial charge in [0, 0.05) is 19.8 Å². The van der Waals surface area contributed by atoms with Gasteiger partial charge in [0.1, 0.15) is 5.82 Å². The third-order valence-corrected chi connectivity index (χ3v) is 2.67. The SMILES string of the molecule is COCCOCCC(Cc1ccc(F)cc1)NN. The molecule has 0 bridgehead atoms. The first-order valence-electron chi connectivity index (χ1n) is 6.03. The van der Waals surface area contributed by atoms with Gasteiger partial charge in [-0.05, 0) is 30.5 Å². The standard InChI is InChI=1S/C13H21FN2O2/c1-17-8-9-18-7-6-13(16-15)10-11-2-4-12(14)5-3-11/h2-5,13,16H,6-10,15H2,1H3. The lowest BCUT2D eigenvalue weighted by molar-refractivity contribution is 0.0658. The number of nitrogens with one attached hydrogen (secondary N) is 1. The van der Waals surface area contributed by atoms with E-state index in [1.54, 1.807) is 19.2 Å². The van der Waals surface area contributed by atoms with E-state index in [2.05, 4.69) is 5.43 Å². The zero-order valence-electron chi connectivity index (χ0n) is 10.7. The number of nitrogens with two attached hydrogens (primary N) is 1. The zero-order chi connectivity index (χ0) is 13.2. The number of rotatable bonds is 9. The molecule has 0 radical (unpaired) electrons. The summed E-state index contributed by atoms with van der Waals surface area (Å²) in [6.45, 7) is 1.81. The minimum atomic E-state index is -0.223. The second kappa shape index (κ2) is 8.99. The Morgan fingerprint density at radius 1 is 1.22 bits per heavy atom. The predicted octanol–water partition coefficient (Wildman–Crippen LogP) is 1.25. The van der Waals surface area contributed by atoms with Crippen LogP contribution in [0.3, 0.4) is 0 Å². The van der Waals surface area contributed by atoms with E-state index in [0.29, 0.717) is 19.8 Å². The summed E-state index contributed by atoms with van der Waals surface area (Å²) in [5.74, 6) is 5.26. The molecule has 1 atom stereocenters. The molecule has 1 rings (SSSR count). The highest BCUT2D eigenvalue weighted by Gasteiger charge is 2.07. The van der Waals surface area contributed by atoms with E-state index in [4.69, 9.17) is 15.3 Å². The third kappa shape index (κ3) is 6.07. The third-order valence-electron chi connectivity index (χ3n) is 2.67. The molecule has 0 saturated heterocycles. The van der Waals surface area contributed by atoms with E-state index < -0.39 is 0 Å². The van der Waals surface area contributed by atoms with Gasteiger partial charge >= 0.3 is 0 Å². The Labute approximate surface area is 107 Å². The summed E-state index contributed by atoms with van der Waals surface area (Å²) < 4.78 is 23.0. The van der Waals surface area contributed by atoms with E-state index in [-0.39, 0.29) is 11.9 Å². The van der Waals surface area contributed by atoms with E-state index in [1.165, 1.54) is 12.1 Å². The molecule has 5 heteroatoms. The van der Waals surface area contributed by atoms with Crippen molar-refractivity contribution < 1.29 is 13.9 Å². The Hall–Kier alpha value is -1.01. The topological polar surface area (TPSA) is 56.5 Å². The first-order valence-corrected chi connectivity index (χ1v) is 6.03. The number of benzene rings is 1. The van der Waals surface area contributed by atoms with Gasteiger partial charge in [-0.2, -0.15) is 0 Å². The van der Waals surface area contributed by atoms with Gasteiger partial charge in [-0.3, -0.25) is 11.3 Å². The fourth-order valence-electron chi connectivity index (χ4n) is 1.62. The van der Waals surface area contributed by atoms with Gasteiger partial charge in [0.15, 0.2) is 0 Å². The molecule has 1 aromatic carbocycles. The van der Waals surface area contributed by atoms with Gasteiger partial charge in [0.25, 0.3) is 0 Å². The lowest BCUT2D eigenvalue weighted by Crippen LogP contribution is -2.37. The molecule has 0 heterocycles. The van der Waals surface area contributed by atoms with Crippen molar-refractivity contribution in [2.75, 3.05) is 26.9 Å². The van der Waals surface area contributed by atoms with Gasteiger partial charge in [-0.15, -0.1) is 0 Å². The summed E-state index contributed by atoms with van der Waals surface area (Å²) >= 11 is 0. The lowest BCUT2D eigenvalue weighted by Gasteiger charge is -2.16. The molecule has 0 saturated carbocycles. The van der Waals surface area contributed by atoms with Crippen molar-refractivity contribution in [1.29, 1.82) is 0 Å². The smallest absolute Gasteiger partial charge is 0.123 e. The molecule has 0 aliphatic carbocycles. The Bertz CT molecular complexity index is 319. The molecule has 0 aromatic heterocycles. The lowest BCUT2D eigenvalue weighted by atomic mass is 10.0. The molecule has 1 unspecified atom stereocenters. The molecular weight excluding hydrogens is 235 g/mol. The van der Waals surface area contributed by atoms with E-state index >= 15 is 0 Å². The molecule has 0 aliphatic heterocycles. The van der Waals surface area contributed by atoms with E-state index in [0.717, 1.165) is 18.4 Å². The maximum atomic E-state index is 12.8. The molecular formula is C13H21FN2O2. The number of ether oxygens (including phenoxy) is 2. The van der Waals surface area contributed by atoms with Crippen molar-refractivity contribution in [1.82, 2.24) is 5.43 Å². The van der Waals surface area contributed by atoms with E-state index in [9.17, 15) is 4.39 Å². The number of hydrogen-bond acceptors (Lipinski definition) is 4. The van der Waals surface area contributed by atoms with Crippen LogP contribution in [0.1, 0.15) is 12.0 Å². The first kappa shape index (κ1) is 15.0. The van der Waals surface area contributed by atoms with Gasteiger partial charge < -0.3 is 9.47 Å². The van der Waals surface area contributed by atoms with Crippen molar-refractivity contribution in [3.8, 4) is 0 Å². The van der Waals surface area contributed by atoms with Crippen LogP contribution in [-0.4, -0.2) is 33.0 Å². The normalized spacial score (nSPS) is 12.6. The van der Waals surface area contributed by atoms with Crippen molar-refractivity contribution >= 4 is 0 Å². The summed E-state index contributed by atoms with van der Waals surface area (Å²) in [6.07, 6.45) is 1.56. The van der Waals surface area contributed by atoms with Crippen LogP contribution in [0, 0.1) is 5.82 Å². The zero-order valence-corrected chi connectivity index (χ0v) is 10.7. The van der Waals surface area contributed by atoms with Crippen LogP contribution in [0.5, 0.6) is 0 Å². The highest BCUT2D eigenvalue weighted by atomic mass is 19.1. The minimum absolute atomic E-state index is 0.123. The largest absolute Gasteiger partial charge is 0.382 e. The van der Waals surface area contributed by atoms with Gasteiger partial charge in [-0.1, -0.05) is 12.1 Å². The van der Waals surface area contributed by atoms with E-state index in [1.807, 2.05) is 0 Å². The molecule has 0 amide bonds. The average Bonchev–Trinajstić information content (AvgIpc) is 2.39. The summed E-state index contributed by atoms with van der Waals surface area (Å²) in [4.78, 5) is 0. The van der Waals surface area contributed by atoms with Crippen molar-refractivity contribution in [2.24, 2.45) is 5.84 Å². The Morgan fingerprint density at radius 2 is 1.94 bits per heavy atom. The molecule has 3 N–H and O–H groups in total. The van der Waals surface area contributed by atoms with Crippen molar-refractivity contribution in [3.05, 3.63) is 35.6 Å². The number of methoxy groups -OCH3 is 1. The second-order valence-electron chi connectivity index (χ2n) is 4.09. The fraction of sp³-hybridized carbons (Fsp3) is 0.538. The Morgan fingerprint density at radius 3 is 2.56 bits per heavy atom. The predicted molar refractivity (Wildman–Crippen MR) is 68.5 cm³/mol. The molecule has 0 spiro atoms. The van der Waals surface area contributed by atoms with Crippen LogP contribution >= 0.6 is 0 Å². The minimum Gasteiger partial charge on any atom is -0.382 e. The number of hydrazine groups is 1. The monoisotopic (exact) mass is 256 g/mol. The summed E-state index contributed by atoms with van der Waals surface area (Å²) in [5, 5.41) is 0. The molecule has 0 fully saturated rings. The molecule has 4 nitrogen and oxygen atoms in total. The first-order chi connectivity index (χ1) is 8.76. The number of hydrogen-bond donors (Lipinski definition) is 2. The van der Waals surface area contributed by atoms with Gasteiger partial charge in [-0.25, -0.2) is 4.39 Å². The van der Waals surface area contributed by atoms with Crippen molar-refractivity contribution in [2.45, 2.75) is 18.9 Å². The fourth-order valence-corrected chi connectivity index (χ4v) is 1.62. The molecule has 102 valence electrons. The van der Waals surface area contributed by atoms with Gasteiger partial charge in [0.2, 0.25) is 0 Å². The summed E-state index contributed by atoms with van der Waals surface area (Å²) in [7, 11) is 1.64. The highest BCUT2D eigenvalue weighted by Crippen LogP contribution is 2.07. The quantitative estimate of drug-likeness (QED) is 0.397. The Balaban J connectivity index is 2.26. The summed E-state index contributed by atoms with van der Waals surface area (Å²) in [5.41, 5.74) is 3.80. The molecule has 1 aromatic rings. The molecule has 0 aliphatic rings. The molecule has 18 heavy (non-hydrogen) atoms. The number of halogens is 1. The van der Waals surface area contributed by atoms with Crippen LogP contribution in [-0.2, 0) is 15.9 Å². The maximum Gasteiger partial charge on any atom is 0.123 e. The average molecular weight is 256 g/mol. The van der Waals surface area contributed by atoms with Crippen LogP contribution < -0.4 is 11.3 Å². The van der Waals surface area contributed by atoms with Crippen LogP contribution in [0.4, 0.5) is 4.39 Å². The van der Waals surface area contributed by atoms with Crippen molar-refractivity contribution in [3.63, 3.8) is 0 Å². The highest BCUT2D eigenvalue weighted by molar-refractivity contribution is 5.17.